The van der Waals surface area contributed by atoms with Crippen molar-refractivity contribution in [2.75, 3.05) is 17.7 Å². The topological polar surface area (TPSA) is 103 Å². The highest BCUT2D eigenvalue weighted by molar-refractivity contribution is 5.99. The summed E-state index contributed by atoms with van der Waals surface area (Å²) in [6, 6.07) is 19.0. The van der Waals surface area contributed by atoms with Crippen molar-refractivity contribution in [3.05, 3.63) is 78.6 Å². The van der Waals surface area contributed by atoms with Crippen LogP contribution in [0.1, 0.15) is 5.69 Å². The number of urea groups is 1. The van der Waals surface area contributed by atoms with E-state index in [0.717, 1.165) is 11.4 Å². The number of nitrogens with zero attached hydrogens (tertiary/aromatic N) is 4. The lowest BCUT2D eigenvalue weighted by molar-refractivity contribution is 0.262. The average molecular weight is 416 g/mol. The molecule has 0 spiro atoms. The van der Waals surface area contributed by atoms with Gasteiger partial charge in [-0.15, -0.1) is 10.2 Å². The van der Waals surface area contributed by atoms with Gasteiger partial charge in [0.05, 0.1) is 12.8 Å². The van der Waals surface area contributed by atoms with Crippen LogP contribution in [0, 0.1) is 6.92 Å². The average Bonchev–Trinajstić information content (AvgIpc) is 3.22. The summed E-state index contributed by atoms with van der Waals surface area (Å²) in [5, 5.41) is 18.0. The van der Waals surface area contributed by atoms with Crippen LogP contribution in [-0.4, -0.2) is 33.1 Å². The number of carbonyl (C=O) groups is 1. The first-order chi connectivity index (χ1) is 15.1. The van der Waals surface area contributed by atoms with Gasteiger partial charge in [-0.3, -0.25) is 0 Å². The van der Waals surface area contributed by atoms with E-state index < -0.39 is 0 Å². The van der Waals surface area contributed by atoms with Crippen molar-refractivity contribution >= 4 is 17.4 Å². The van der Waals surface area contributed by atoms with Gasteiger partial charge in [0.2, 0.25) is 5.88 Å². The number of anilines is 2. The van der Waals surface area contributed by atoms with Crippen molar-refractivity contribution in [2.24, 2.45) is 0 Å². The summed E-state index contributed by atoms with van der Waals surface area (Å²) >= 11 is 0. The lowest BCUT2D eigenvalue weighted by atomic mass is 10.3. The summed E-state index contributed by atoms with van der Waals surface area (Å²) in [4.78, 5) is 12.2. The quantitative estimate of drug-likeness (QED) is 0.482. The number of benzene rings is 2. The Balaban J connectivity index is 1.32. The van der Waals surface area contributed by atoms with Crippen LogP contribution < -0.4 is 20.1 Å². The van der Waals surface area contributed by atoms with Crippen molar-refractivity contribution in [3.63, 3.8) is 0 Å². The highest BCUT2D eigenvalue weighted by atomic mass is 16.5. The van der Waals surface area contributed by atoms with Crippen molar-refractivity contribution in [2.45, 2.75) is 6.92 Å². The molecular formula is C22H20N6O3. The molecule has 0 atom stereocenters. The fourth-order valence-corrected chi connectivity index (χ4v) is 2.73. The van der Waals surface area contributed by atoms with Crippen LogP contribution in [0.4, 0.5) is 16.2 Å². The molecule has 0 aliphatic heterocycles. The number of aryl methyl sites for hydroxylation is 1. The second kappa shape index (κ2) is 8.95. The summed E-state index contributed by atoms with van der Waals surface area (Å²) in [5.74, 6) is 2.24. The van der Waals surface area contributed by atoms with Gasteiger partial charge in [-0.2, -0.15) is 5.10 Å². The molecule has 2 N–H and O–H groups in total. The number of ether oxygens (including phenoxy) is 2. The van der Waals surface area contributed by atoms with Gasteiger partial charge in [0.15, 0.2) is 5.82 Å². The molecule has 0 radical (unpaired) electrons. The second-order valence-electron chi connectivity index (χ2n) is 6.57. The smallest absolute Gasteiger partial charge is 0.323 e. The van der Waals surface area contributed by atoms with Crippen molar-refractivity contribution in [1.29, 1.82) is 0 Å². The Bertz CT molecular complexity index is 1160. The number of hydrogen-bond acceptors (Lipinski definition) is 6. The third-order valence-corrected chi connectivity index (χ3v) is 4.27. The van der Waals surface area contributed by atoms with Crippen molar-refractivity contribution in [3.8, 4) is 23.2 Å². The van der Waals surface area contributed by atoms with E-state index in [1.54, 1.807) is 72.5 Å². The lowest BCUT2D eigenvalue weighted by Crippen LogP contribution is -2.19. The summed E-state index contributed by atoms with van der Waals surface area (Å²) in [7, 11) is 1.59. The molecule has 0 unspecified atom stereocenters. The molecule has 156 valence electrons. The van der Waals surface area contributed by atoms with Crippen LogP contribution in [0.2, 0.25) is 0 Å². The van der Waals surface area contributed by atoms with Crippen LogP contribution in [0.25, 0.3) is 5.82 Å². The Hall–Kier alpha value is -4.40. The number of rotatable bonds is 6. The molecule has 0 bridgehead atoms. The molecular weight excluding hydrogens is 396 g/mol. The zero-order valence-corrected chi connectivity index (χ0v) is 16.9. The second-order valence-corrected chi connectivity index (χ2v) is 6.57. The molecule has 0 saturated heterocycles. The molecule has 0 saturated carbocycles. The SMILES string of the molecule is COc1ccc(NC(=O)Nc2ccc(Oc3ccc(-n4ccc(C)n4)nn3)cc2)cc1. The molecule has 4 rings (SSSR count). The molecule has 0 aliphatic carbocycles. The monoisotopic (exact) mass is 416 g/mol. The van der Waals surface area contributed by atoms with E-state index in [9.17, 15) is 4.79 Å². The number of nitrogens with one attached hydrogen (secondary N) is 2. The number of amides is 2. The fraction of sp³-hybridized carbons (Fsp3) is 0.0909. The molecule has 0 fully saturated rings. The maximum absolute atomic E-state index is 12.2. The minimum Gasteiger partial charge on any atom is -0.497 e. The maximum Gasteiger partial charge on any atom is 0.323 e. The van der Waals surface area contributed by atoms with Gasteiger partial charge in [-0.05, 0) is 67.6 Å². The van der Waals surface area contributed by atoms with Gasteiger partial charge in [0.25, 0.3) is 0 Å². The lowest BCUT2D eigenvalue weighted by Gasteiger charge is -2.09. The number of methoxy groups -OCH3 is 1. The van der Waals surface area contributed by atoms with Gasteiger partial charge in [0, 0.05) is 23.6 Å². The van der Waals surface area contributed by atoms with E-state index in [1.165, 1.54) is 0 Å². The maximum atomic E-state index is 12.2. The first kappa shape index (κ1) is 19.9. The molecule has 4 aromatic rings. The predicted molar refractivity (Wildman–Crippen MR) is 116 cm³/mol. The van der Waals surface area contributed by atoms with Crippen molar-refractivity contribution in [1.82, 2.24) is 20.0 Å². The van der Waals surface area contributed by atoms with E-state index in [4.69, 9.17) is 9.47 Å². The first-order valence-electron chi connectivity index (χ1n) is 9.45. The van der Waals surface area contributed by atoms with Crippen LogP contribution in [-0.2, 0) is 0 Å². The Labute approximate surface area is 178 Å². The van der Waals surface area contributed by atoms with E-state index in [2.05, 4.69) is 25.9 Å². The molecule has 0 aliphatic rings. The molecule has 2 amide bonds. The third-order valence-electron chi connectivity index (χ3n) is 4.27. The Morgan fingerprint density at radius 2 is 1.48 bits per heavy atom. The van der Waals surface area contributed by atoms with E-state index in [0.29, 0.717) is 28.8 Å². The van der Waals surface area contributed by atoms with Gasteiger partial charge in [-0.1, -0.05) is 0 Å². The van der Waals surface area contributed by atoms with Crippen LogP contribution in [0.3, 0.4) is 0 Å². The van der Waals surface area contributed by atoms with Gasteiger partial charge >= 0.3 is 6.03 Å². The third kappa shape index (κ3) is 5.15. The van der Waals surface area contributed by atoms with Crippen LogP contribution in [0.5, 0.6) is 17.4 Å². The molecule has 31 heavy (non-hydrogen) atoms. The van der Waals surface area contributed by atoms with Crippen LogP contribution >= 0.6 is 0 Å². The standard InChI is InChI=1S/C22H20N6O3/c1-15-13-14-28(27-15)20-11-12-21(26-25-20)31-19-9-5-17(6-10-19)24-22(29)23-16-3-7-18(30-2)8-4-16/h3-14H,1-2H3,(H2,23,24,29). The largest absolute Gasteiger partial charge is 0.497 e. The van der Waals surface area contributed by atoms with Gasteiger partial charge in [0.1, 0.15) is 11.5 Å². The number of carbonyl (C=O) groups excluding carboxylic acids is 1. The summed E-state index contributed by atoms with van der Waals surface area (Å²) in [6.45, 7) is 1.91. The molecule has 2 aromatic carbocycles. The Morgan fingerprint density at radius 3 is 2.00 bits per heavy atom. The highest BCUT2D eigenvalue weighted by Gasteiger charge is 2.06. The van der Waals surface area contributed by atoms with E-state index in [-0.39, 0.29) is 6.03 Å². The zero-order valence-electron chi connectivity index (χ0n) is 16.9. The number of aromatic nitrogens is 4. The zero-order chi connectivity index (χ0) is 21.6. The highest BCUT2D eigenvalue weighted by Crippen LogP contribution is 2.22. The van der Waals surface area contributed by atoms with E-state index in [1.807, 2.05) is 19.2 Å². The summed E-state index contributed by atoms with van der Waals surface area (Å²) in [5.41, 5.74) is 2.17. The fourth-order valence-electron chi connectivity index (χ4n) is 2.73. The normalized spacial score (nSPS) is 10.4. The first-order valence-corrected chi connectivity index (χ1v) is 9.45. The van der Waals surface area contributed by atoms with Gasteiger partial charge < -0.3 is 20.1 Å². The summed E-state index contributed by atoms with van der Waals surface area (Å²) in [6.07, 6.45) is 1.82. The van der Waals surface area contributed by atoms with E-state index >= 15 is 0 Å². The molecule has 2 aromatic heterocycles. The molecule has 9 nitrogen and oxygen atoms in total. The Morgan fingerprint density at radius 1 is 0.839 bits per heavy atom. The van der Waals surface area contributed by atoms with Gasteiger partial charge in [-0.25, -0.2) is 9.48 Å². The Kier molecular flexibility index (Phi) is 5.75. The molecule has 2 heterocycles. The minimum atomic E-state index is -0.353. The molecule has 9 heteroatoms. The van der Waals surface area contributed by atoms with Crippen LogP contribution in [0.15, 0.2) is 72.9 Å². The minimum absolute atomic E-state index is 0.352. The predicted octanol–water partition coefficient (Wildman–Crippen LogP) is 4.42. The summed E-state index contributed by atoms with van der Waals surface area (Å²) < 4.78 is 12.4. The van der Waals surface area contributed by atoms with Crippen molar-refractivity contribution < 1.29 is 14.3 Å². The number of hydrogen-bond donors (Lipinski definition) is 2.